The number of carbonyl (C=O) groups excluding carboxylic acids is 2. The number of ether oxygens (including phenoxy) is 3. The predicted octanol–water partition coefficient (Wildman–Crippen LogP) is 5.19. The molecular weight excluding hydrogens is 457 g/mol. The maximum absolute atomic E-state index is 13.4. The molecule has 0 aliphatic rings. The molecule has 0 unspecified atom stereocenters. The van der Waals surface area contributed by atoms with Crippen LogP contribution in [0, 0.1) is 0 Å². The number of nitrogens with zero attached hydrogens (tertiary/aromatic N) is 1. The van der Waals surface area contributed by atoms with Crippen LogP contribution in [-0.4, -0.2) is 61.1 Å². The number of benzene rings is 1. The van der Waals surface area contributed by atoms with Crippen LogP contribution in [0.4, 0.5) is 4.79 Å². The van der Waals surface area contributed by atoms with Gasteiger partial charge in [0.25, 0.3) is 0 Å². The van der Waals surface area contributed by atoms with Gasteiger partial charge in [-0.3, -0.25) is 14.3 Å². The third kappa shape index (κ3) is 12.1. The molecule has 0 aliphatic carbocycles. The van der Waals surface area contributed by atoms with Gasteiger partial charge in [0.1, 0.15) is 19.8 Å². The molecule has 0 spiro atoms. The zero-order chi connectivity index (χ0) is 23.0. The number of carbonyl (C=O) groups is 2. The van der Waals surface area contributed by atoms with Crippen molar-refractivity contribution in [3.05, 3.63) is 61.2 Å². The van der Waals surface area contributed by atoms with Gasteiger partial charge < -0.3 is 14.2 Å². The lowest BCUT2D eigenvalue weighted by molar-refractivity contribution is -0.145. The van der Waals surface area contributed by atoms with Crippen molar-refractivity contribution < 1.29 is 28.4 Å². The SMILES string of the molecule is C=CCSP(=O)(CN(CC(=O)OCCOCC)C(=O)OCc1ccccc1)SCC=C. The van der Waals surface area contributed by atoms with Crippen LogP contribution >= 0.6 is 28.3 Å². The highest BCUT2D eigenvalue weighted by Gasteiger charge is 2.31. The van der Waals surface area contributed by atoms with E-state index in [-0.39, 0.29) is 32.7 Å². The fourth-order valence-electron chi connectivity index (χ4n) is 2.20. The highest BCUT2D eigenvalue weighted by molar-refractivity contribution is 8.90. The van der Waals surface area contributed by atoms with E-state index < -0.39 is 17.6 Å². The summed E-state index contributed by atoms with van der Waals surface area (Å²) in [6.07, 6.45) is 2.42. The van der Waals surface area contributed by atoms with Crippen LogP contribution in [0.1, 0.15) is 12.5 Å². The van der Waals surface area contributed by atoms with E-state index in [1.807, 2.05) is 37.3 Å². The number of amides is 1. The summed E-state index contributed by atoms with van der Waals surface area (Å²) < 4.78 is 29.0. The Morgan fingerprint density at radius 3 is 2.29 bits per heavy atom. The van der Waals surface area contributed by atoms with Crippen molar-refractivity contribution in [1.29, 1.82) is 0 Å². The molecule has 0 atom stereocenters. The molecule has 10 heteroatoms. The summed E-state index contributed by atoms with van der Waals surface area (Å²) >= 11 is 2.41. The minimum atomic E-state index is -2.97. The fourth-order valence-corrected chi connectivity index (χ4v) is 9.05. The molecule has 0 N–H and O–H groups in total. The minimum absolute atomic E-state index is 0.0411. The Balaban J connectivity index is 2.86. The van der Waals surface area contributed by atoms with Gasteiger partial charge in [0.2, 0.25) is 5.55 Å². The second-order valence-corrected chi connectivity index (χ2v) is 14.5. The van der Waals surface area contributed by atoms with Crippen LogP contribution in [0.25, 0.3) is 0 Å². The van der Waals surface area contributed by atoms with Crippen LogP contribution in [0.5, 0.6) is 0 Å². The summed E-state index contributed by atoms with van der Waals surface area (Å²) in [5.74, 6) is 0.283. The standard InChI is InChI=1S/C21H30NO6PS2/c1-4-14-30-29(25,31-15-5-2)18-22(16-20(23)27-13-12-26-6-3)21(24)28-17-19-10-8-7-9-11-19/h4-5,7-11H,1-2,6,12-18H2,3H3. The Morgan fingerprint density at radius 2 is 1.71 bits per heavy atom. The first-order valence-electron chi connectivity index (χ1n) is 9.73. The molecule has 0 radical (unpaired) electrons. The van der Waals surface area contributed by atoms with Crippen molar-refractivity contribution in [3.8, 4) is 0 Å². The zero-order valence-corrected chi connectivity index (χ0v) is 20.3. The second-order valence-electron chi connectivity index (χ2n) is 6.08. The quantitative estimate of drug-likeness (QED) is 0.136. The first-order chi connectivity index (χ1) is 14.9. The molecule has 0 aliphatic heterocycles. The molecule has 0 bridgehead atoms. The molecule has 7 nitrogen and oxygen atoms in total. The molecule has 0 saturated heterocycles. The van der Waals surface area contributed by atoms with Gasteiger partial charge in [-0.1, -0.05) is 65.2 Å². The highest BCUT2D eigenvalue weighted by Crippen LogP contribution is 2.69. The van der Waals surface area contributed by atoms with Gasteiger partial charge >= 0.3 is 12.1 Å². The van der Waals surface area contributed by atoms with Crippen molar-refractivity contribution in [2.24, 2.45) is 0 Å². The Kier molecular flexibility index (Phi) is 14.2. The predicted molar refractivity (Wildman–Crippen MR) is 129 cm³/mol. The summed E-state index contributed by atoms with van der Waals surface area (Å²) in [4.78, 5) is 26.1. The Bertz CT molecular complexity index is 731. The Morgan fingerprint density at radius 1 is 1.06 bits per heavy atom. The van der Waals surface area contributed by atoms with Crippen molar-refractivity contribution in [2.45, 2.75) is 13.5 Å². The van der Waals surface area contributed by atoms with E-state index in [9.17, 15) is 14.2 Å². The van der Waals surface area contributed by atoms with E-state index in [2.05, 4.69) is 13.2 Å². The fraction of sp³-hybridized carbons (Fsp3) is 0.429. The topological polar surface area (TPSA) is 82.1 Å². The van der Waals surface area contributed by atoms with Crippen LogP contribution in [0.2, 0.25) is 0 Å². The van der Waals surface area contributed by atoms with Crippen LogP contribution in [0.3, 0.4) is 0 Å². The highest BCUT2D eigenvalue weighted by atomic mass is 33.1. The first-order valence-corrected chi connectivity index (χ1v) is 14.8. The van der Waals surface area contributed by atoms with E-state index >= 15 is 0 Å². The second kappa shape index (κ2) is 16.0. The average molecular weight is 488 g/mol. The third-order valence-electron chi connectivity index (χ3n) is 3.60. The Labute approximate surface area is 192 Å². The molecule has 0 saturated carbocycles. The summed E-state index contributed by atoms with van der Waals surface area (Å²) in [7, 11) is 0. The number of rotatable bonds is 16. The van der Waals surface area contributed by atoms with Crippen molar-refractivity contribution >= 4 is 40.4 Å². The summed E-state index contributed by atoms with van der Waals surface area (Å²) in [5.41, 5.74) is -2.16. The van der Waals surface area contributed by atoms with Crippen molar-refractivity contribution in [2.75, 3.05) is 44.2 Å². The molecule has 0 fully saturated rings. The normalized spacial score (nSPS) is 10.9. The van der Waals surface area contributed by atoms with Crippen molar-refractivity contribution in [3.63, 3.8) is 0 Å². The number of hydrogen-bond acceptors (Lipinski definition) is 8. The van der Waals surface area contributed by atoms with E-state index in [0.29, 0.717) is 18.1 Å². The van der Waals surface area contributed by atoms with Crippen LogP contribution in [-0.2, 0) is 30.2 Å². The molecule has 1 aromatic carbocycles. The van der Waals surface area contributed by atoms with Gasteiger partial charge in [-0.25, -0.2) is 4.79 Å². The summed E-state index contributed by atoms with van der Waals surface area (Å²) in [6.45, 7) is 9.68. The lowest BCUT2D eigenvalue weighted by Crippen LogP contribution is -2.37. The first kappa shape index (κ1) is 27.4. The number of hydrogen-bond donors (Lipinski definition) is 0. The third-order valence-corrected chi connectivity index (χ3v) is 11.7. The average Bonchev–Trinajstić information content (AvgIpc) is 2.78. The van der Waals surface area contributed by atoms with E-state index in [1.54, 1.807) is 12.2 Å². The van der Waals surface area contributed by atoms with Crippen LogP contribution in [0.15, 0.2) is 55.6 Å². The molecule has 172 valence electrons. The molecule has 1 aromatic rings. The van der Waals surface area contributed by atoms with Gasteiger partial charge in [-0.15, -0.1) is 13.2 Å². The maximum atomic E-state index is 13.4. The van der Waals surface area contributed by atoms with E-state index in [1.165, 1.54) is 22.8 Å². The number of esters is 1. The van der Waals surface area contributed by atoms with E-state index in [0.717, 1.165) is 10.5 Å². The Hall–Kier alpha value is -1.67. The van der Waals surface area contributed by atoms with Gasteiger partial charge in [0.05, 0.1) is 12.9 Å². The molecular formula is C21H30NO6PS2. The minimum Gasteiger partial charge on any atom is -0.462 e. The van der Waals surface area contributed by atoms with Gasteiger partial charge in [0.15, 0.2) is 0 Å². The molecule has 0 heterocycles. The van der Waals surface area contributed by atoms with Gasteiger partial charge in [-0.05, 0) is 12.5 Å². The smallest absolute Gasteiger partial charge is 0.411 e. The molecule has 1 rings (SSSR count). The molecule has 1 amide bonds. The lowest BCUT2D eigenvalue weighted by atomic mass is 10.2. The molecule has 31 heavy (non-hydrogen) atoms. The molecule has 0 aromatic heterocycles. The van der Waals surface area contributed by atoms with Gasteiger partial charge in [0, 0.05) is 18.1 Å². The van der Waals surface area contributed by atoms with Gasteiger partial charge in [-0.2, -0.15) is 0 Å². The van der Waals surface area contributed by atoms with Crippen LogP contribution < -0.4 is 0 Å². The largest absolute Gasteiger partial charge is 0.462 e. The summed E-state index contributed by atoms with van der Waals surface area (Å²) in [5, 5.41) is 0. The lowest BCUT2D eigenvalue weighted by Gasteiger charge is -2.25. The zero-order valence-electron chi connectivity index (χ0n) is 17.8. The van der Waals surface area contributed by atoms with E-state index in [4.69, 9.17) is 14.2 Å². The summed E-state index contributed by atoms with van der Waals surface area (Å²) in [6, 6.07) is 9.18. The van der Waals surface area contributed by atoms with Crippen molar-refractivity contribution in [1.82, 2.24) is 4.90 Å². The maximum Gasteiger partial charge on any atom is 0.411 e. The monoisotopic (exact) mass is 487 g/mol.